The van der Waals surface area contributed by atoms with Crippen LogP contribution >= 0.6 is 0 Å². The number of alkyl halides is 7. The molecule has 0 bridgehead atoms. The Balaban J connectivity index is 2.54. The first kappa shape index (κ1) is 20.6. The van der Waals surface area contributed by atoms with Crippen LogP contribution in [-0.2, 0) is 9.53 Å². The zero-order chi connectivity index (χ0) is 20.8. The van der Waals surface area contributed by atoms with E-state index in [1.807, 2.05) is 0 Å². The van der Waals surface area contributed by atoms with Gasteiger partial charge in [0.15, 0.2) is 0 Å². The Morgan fingerprint density at radius 2 is 1.37 bits per heavy atom. The van der Waals surface area contributed by atoms with Gasteiger partial charge < -0.3 is 4.74 Å². The Morgan fingerprint density at radius 1 is 0.963 bits per heavy atom. The summed E-state index contributed by atoms with van der Waals surface area (Å²) in [4.78, 5) is 36.2. The predicted molar refractivity (Wildman–Crippen MR) is 73.3 cm³/mol. The summed E-state index contributed by atoms with van der Waals surface area (Å²) >= 11 is 0. The van der Waals surface area contributed by atoms with Crippen LogP contribution in [0.4, 0.5) is 30.7 Å². The number of fused-ring (bicyclic) bond motifs is 1. The van der Waals surface area contributed by atoms with Gasteiger partial charge in [-0.15, -0.1) is 0 Å². The number of esters is 1. The molecule has 0 N–H and O–H groups in total. The molecule has 0 aromatic heterocycles. The molecular formula is C15H10F7NO4. The molecule has 1 aliphatic heterocycles. The van der Waals surface area contributed by atoms with Crippen molar-refractivity contribution in [3.05, 3.63) is 35.4 Å². The normalized spacial score (nSPS) is 16.4. The van der Waals surface area contributed by atoms with Gasteiger partial charge >= 0.3 is 24.0 Å². The number of methoxy groups -OCH3 is 1. The van der Waals surface area contributed by atoms with Gasteiger partial charge in [0.25, 0.3) is 11.8 Å². The fraction of sp³-hybridized carbons (Fsp3) is 0.400. The van der Waals surface area contributed by atoms with Gasteiger partial charge in [0, 0.05) is 6.42 Å². The molecule has 1 aliphatic rings. The van der Waals surface area contributed by atoms with E-state index in [9.17, 15) is 45.1 Å². The lowest BCUT2D eigenvalue weighted by Crippen LogP contribution is -2.59. The van der Waals surface area contributed by atoms with Crippen LogP contribution in [0.15, 0.2) is 24.3 Å². The van der Waals surface area contributed by atoms with Gasteiger partial charge in [0.1, 0.15) is 6.04 Å². The second-order valence-corrected chi connectivity index (χ2v) is 5.57. The highest BCUT2D eigenvalue weighted by molar-refractivity contribution is 6.22. The SMILES string of the molecule is COC(=O)C(CC(F)(C(F)(F)F)C(F)(F)F)N1C(=O)c2ccccc2C1=O. The lowest BCUT2D eigenvalue weighted by molar-refractivity contribution is -0.344. The number of hydrogen-bond donors (Lipinski definition) is 0. The fourth-order valence-corrected chi connectivity index (χ4v) is 2.57. The van der Waals surface area contributed by atoms with E-state index in [4.69, 9.17) is 0 Å². The van der Waals surface area contributed by atoms with Crippen LogP contribution in [0.25, 0.3) is 0 Å². The maximum atomic E-state index is 14.1. The number of nitrogens with zero attached hydrogens (tertiary/aromatic N) is 1. The summed E-state index contributed by atoms with van der Waals surface area (Å²) in [7, 11) is 0.606. The molecule has 2 amide bonds. The van der Waals surface area contributed by atoms with Crippen LogP contribution in [0.5, 0.6) is 0 Å². The van der Waals surface area contributed by atoms with Crippen LogP contribution < -0.4 is 0 Å². The number of imide groups is 1. The minimum Gasteiger partial charge on any atom is -0.467 e. The highest BCUT2D eigenvalue weighted by atomic mass is 19.4. The Morgan fingerprint density at radius 3 is 1.70 bits per heavy atom. The Labute approximate surface area is 146 Å². The molecular weight excluding hydrogens is 391 g/mol. The summed E-state index contributed by atoms with van der Waals surface area (Å²) in [6.07, 6.45) is -15.5. The average Bonchev–Trinajstić information content (AvgIpc) is 2.81. The zero-order valence-corrected chi connectivity index (χ0v) is 13.3. The number of benzene rings is 1. The van der Waals surface area contributed by atoms with E-state index in [1.54, 1.807) is 0 Å². The van der Waals surface area contributed by atoms with Crippen molar-refractivity contribution < 1.29 is 49.9 Å². The Hall–Kier alpha value is -2.66. The van der Waals surface area contributed by atoms with Crippen molar-refractivity contribution in [2.75, 3.05) is 7.11 Å². The maximum absolute atomic E-state index is 14.1. The number of hydrogen-bond acceptors (Lipinski definition) is 4. The van der Waals surface area contributed by atoms with Crippen molar-refractivity contribution in [2.45, 2.75) is 30.5 Å². The Bertz CT molecular complexity index is 738. The zero-order valence-electron chi connectivity index (χ0n) is 13.3. The first-order chi connectivity index (χ1) is 12.3. The molecule has 12 heteroatoms. The molecule has 0 radical (unpaired) electrons. The average molecular weight is 401 g/mol. The molecule has 0 spiro atoms. The standard InChI is InChI=1S/C15H10F7NO4/c1-27-12(26)9(6-13(16,14(17,18)19)15(20,21)22)23-10(24)7-4-2-3-5-8(7)11(23)25/h2-5,9H,6H2,1H3. The molecule has 1 heterocycles. The summed E-state index contributed by atoms with van der Waals surface area (Å²) in [6.45, 7) is 0. The summed E-state index contributed by atoms with van der Waals surface area (Å²) < 4.78 is 95.2. The molecule has 27 heavy (non-hydrogen) atoms. The molecule has 2 rings (SSSR count). The number of carbonyl (C=O) groups is 3. The van der Waals surface area contributed by atoms with Crippen LogP contribution in [0.3, 0.4) is 0 Å². The van der Waals surface area contributed by atoms with Crippen molar-refractivity contribution in [2.24, 2.45) is 0 Å². The monoisotopic (exact) mass is 401 g/mol. The van der Waals surface area contributed by atoms with Gasteiger partial charge in [0.05, 0.1) is 18.2 Å². The third-order valence-corrected chi connectivity index (χ3v) is 3.98. The number of amides is 2. The van der Waals surface area contributed by atoms with Crippen LogP contribution in [0.1, 0.15) is 27.1 Å². The third kappa shape index (κ3) is 3.23. The fourth-order valence-electron chi connectivity index (χ4n) is 2.57. The lowest BCUT2D eigenvalue weighted by atomic mass is 9.94. The van der Waals surface area contributed by atoms with E-state index in [0.717, 1.165) is 12.1 Å². The van der Waals surface area contributed by atoms with E-state index < -0.39 is 48.3 Å². The number of rotatable bonds is 4. The highest BCUT2D eigenvalue weighted by Gasteiger charge is 2.73. The van der Waals surface area contributed by atoms with E-state index >= 15 is 0 Å². The van der Waals surface area contributed by atoms with Gasteiger partial charge in [-0.05, 0) is 12.1 Å². The lowest BCUT2D eigenvalue weighted by Gasteiger charge is -2.34. The van der Waals surface area contributed by atoms with Crippen molar-refractivity contribution in [3.63, 3.8) is 0 Å². The summed E-state index contributed by atoms with van der Waals surface area (Å²) in [5, 5.41) is 0. The minimum absolute atomic E-state index is 0.150. The van der Waals surface area contributed by atoms with E-state index in [0.29, 0.717) is 7.11 Å². The van der Waals surface area contributed by atoms with Gasteiger partial charge in [-0.3, -0.25) is 14.5 Å². The van der Waals surface area contributed by atoms with E-state index in [2.05, 4.69) is 4.74 Å². The quantitative estimate of drug-likeness (QED) is 0.442. The second-order valence-electron chi connectivity index (χ2n) is 5.57. The minimum atomic E-state index is -6.46. The molecule has 1 unspecified atom stereocenters. The third-order valence-electron chi connectivity index (χ3n) is 3.98. The maximum Gasteiger partial charge on any atom is 0.431 e. The van der Waals surface area contributed by atoms with Crippen molar-refractivity contribution >= 4 is 17.8 Å². The van der Waals surface area contributed by atoms with Gasteiger partial charge in [0.2, 0.25) is 0 Å². The molecule has 1 aromatic carbocycles. The van der Waals surface area contributed by atoms with Crippen molar-refractivity contribution in [1.29, 1.82) is 0 Å². The van der Waals surface area contributed by atoms with Gasteiger partial charge in [-0.2, -0.15) is 26.3 Å². The highest BCUT2D eigenvalue weighted by Crippen LogP contribution is 2.49. The van der Waals surface area contributed by atoms with E-state index in [-0.39, 0.29) is 16.0 Å². The Kier molecular flexibility index (Phi) is 4.97. The van der Waals surface area contributed by atoms with Gasteiger partial charge in [-0.25, -0.2) is 9.18 Å². The number of ether oxygens (including phenoxy) is 1. The first-order valence-electron chi connectivity index (χ1n) is 7.13. The molecule has 0 saturated heterocycles. The summed E-state index contributed by atoms with van der Waals surface area (Å²) in [5.74, 6) is -4.48. The number of halogens is 7. The van der Waals surface area contributed by atoms with Crippen molar-refractivity contribution in [1.82, 2.24) is 4.90 Å². The summed E-state index contributed by atoms with van der Waals surface area (Å²) in [6, 6.07) is 1.95. The van der Waals surface area contributed by atoms with E-state index in [1.165, 1.54) is 12.1 Å². The molecule has 0 saturated carbocycles. The van der Waals surface area contributed by atoms with Crippen LogP contribution in [0.2, 0.25) is 0 Å². The second kappa shape index (κ2) is 6.50. The molecule has 1 atom stereocenters. The molecule has 5 nitrogen and oxygen atoms in total. The predicted octanol–water partition coefficient (Wildman–Crippen LogP) is 3.05. The number of carbonyl (C=O) groups excluding carboxylic acids is 3. The smallest absolute Gasteiger partial charge is 0.431 e. The molecule has 0 aliphatic carbocycles. The topological polar surface area (TPSA) is 63.7 Å². The van der Waals surface area contributed by atoms with Crippen LogP contribution in [-0.4, -0.2) is 53.9 Å². The largest absolute Gasteiger partial charge is 0.467 e. The van der Waals surface area contributed by atoms with Crippen molar-refractivity contribution in [3.8, 4) is 0 Å². The molecule has 0 fully saturated rings. The molecule has 1 aromatic rings. The van der Waals surface area contributed by atoms with Crippen LogP contribution in [0, 0.1) is 0 Å². The summed E-state index contributed by atoms with van der Waals surface area (Å²) in [5.41, 5.74) is -6.55. The van der Waals surface area contributed by atoms with Gasteiger partial charge in [-0.1, -0.05) is 12.1 Å². The first-order valence-corrected chi connectivity index (χ1v) is 7.13. The molecule has 148 valence electrons.